The molecule has 0 heterocycles. The average molecular weight is 335 g/mol. The van der Waals surface area contributed by atoms with Gasteiger partial charge in [-0.3, -0.25) is 0 Å². The first kappa shape index (κ1) is 17.3. The summed E-state index contributed by atoms with van der Waals surface area (Å²) in [5, 5.41) is 3.65. The summed E-state index contributed by atoms with van der Waals surface area (Å²) >= 11 is 5.89. The van der Waals surface area contributed by atoms with Crippen LogP contribution in [0.1, 0.15) is 30.5 Å². The van der Waals surface area contributed by atoms with Crippen molar-refractivity contribution in [1.82, 2.24) is 10.2 Å². The quantitative estimate of drug-likeness (QED) is 0.839. The van der Waals surface area contributed by atoms with Gasteiger partial charge in [0.15, 0.2) is 0 Å². The molecule has 0 aliphatic rings. The Hall–Kier alpha value is -2.07. The third kappa shape index (κ3) is 4.96. The Morgan fingerprint density at radius 1 is 1.26 bits per heavy atom. The minimum atomic E-state index is -0.302. The Bertz CT molecular complexity index is 660. The lowest BCUT2D eigenvalue weighted by atomic mass is 10.1. The van der Waals surface area contributed by atoms with E-state index in [1.54, 1.807) is 19.2 Å². The SMILES string of the molecule is CCC(NC(=O)N(C)Cc1cccc(F)c1)c1ccc(Cl)cc1. The molecule has 0 aliphatic heterocycles. The van der Waals surface area contributed by atoms with E-state index in [4.69, 9.17) is 11.6 Å². The molecule has 0 fully saturated rings. The summed E-state index contributed by atoms with van der Waals surface area (Å²) in [6.45, 7) is 2.35. The van der Waals surface area contributed by atoms with E-state index in [1.807, 2.05) is 31.2 Å². The lowest BCUT2D eigenvalue weighted by molar-refractivity contribution is 0.202. The second-order valence-electron chi connectivity index (χ2n) is 5.45. The van der Waals surface area contributed by atoms with Crippen LogP contribution in [-0.2, 0) is 6.54 Å². The number of hydrogen-bond acceptors (Lipinski definition) is 1. The van der Waals surface area contributed by atoms with Crippen molar-refractivity contribution in [2.75, 3.05) is 7.05 Å². The molecule has 2 aromatic rings. The van der Waals surface area contributed by atoms with Gasteiger partial charge in [-0.25, -0.2) is 9.18 Å². The third-order valence-corrected chi connectivity index (χ3v) is 3.89. The van der Waals surface area contributed by atoms with Crippen LogP contribution in [0.15, 0.2) is 48.5 Å². The van der Waals surface area contributed by atoms with Crippen LogP contribution in [0.2, 0.25) is 5.02 Å². The number of hydrogen-bond donors (Lipinski definition) is 1. The van der Waals surface area contributed by atoms with E-state index in [0.717, 1.165) is 17.5 Å². The Labute approximate surface area is 141 Å². The van der Waals surface area contributed by atoms with Crippen molar-refractivity contribution in [3.05, 3.63) is 70.5 Å². The molecule has 2 aromatic carbocycles. The second kappa shape index (κ2) is 7.97. The van der Waals surface area contributed by atoms with Crippen LogP contribution in [-0.4, -0.2) is 18.0 Å². The maximum absolute atomic E-state index is 13.2. The zero-order valence-corrected chi connectivity index (χ0v) is 14.0. The second-order valence-corrected chi connectivity index (χ2v) is 5.88. The summed E-state index contributed by atoms with van der Waals surface area (Å²) in [5.74, 6) is -0.302. The molecular formula is C18H20ClFN2O. The highest BCUT2D eigenvalue weighted by molar-refractivity contribution is 6.30. The minimum absolute atomic E-state index is 0.0882. The van der Waals surface area contributed by atoms with Gasteiger partial charge < -0.3 is 10.2 Å². The molecule has 1 unspecified atom stereocenters. The normalized spacial score (nSPS) is 11.8. The first-order valence-electron chi connectivity index (χ1n) is 7.51. The van der Waals surface area contributed by atoms with E-state index in [0.29, 0.717) is 11.6 Å². The number of carbonyl (C=O) groups is 1. The van der Waals surface area contributed by atoms with Crippen LogP contribution in [0.5, 0.6) is 0 Å². The average Bonchev–Trinajstić information content (AvgIpc) is 2.53. The maximum Gasteiger partial charge on any atom is 0.317 e. The van der Waals surface area contributed by atoms with E-state index in [-0.39, 0.29) is 17.9 Å². The van der Waals surface area contributed by atoms with Gasteiger partial charge >= 0.3 is 6.03 Å². The summed E-state index contributed by atoms with van der Waals surface area (Å²) in [7, 11) is 1.69. The molecule has 5 heteroatoms. The smallest absolute Gasteiger partial charge is 0.317 e. The number of rotatable bonds is 5. The number of amides is 2. The molecule has 23 heavy (non-hydrogen) atoms. The monoisotopic (exact) mass is 334 g/mol. The van der Waals surface area contributed by atoms with E-state index in [9.17, 15) is 9.18 Å². The van der Waals surface area contributed by atoms with Crippen molar-refractivity contribution in [3.8, 4) is 0 Å². The third-order valence-electron chi connectivity index (χ3n) is 3.63. The van der Waals surface area contributed by atoms with Crippen LogP contribution in [0, 0.1) is 5.82 Å². The van der Waals surface area contributed by atoms with E-state index in [1.165, 1.54) is 17.0 Å². The molecule has 0 saturated heterocycles. The highest BCUT2D eigenvalue weighted by Crippen LogP contribution is 2.19. The van der Waals surface area contributed by atoms with Crippen LogP contribution < -0.4 is 5.32 Å². The molecule has 0 saturated carbocycles. The van der Waals surface area contributed by atoms with Gasteiger partial charge in [-0.2, -0.15) is 0 Å². The fourth-order valence-corrected chi connectivity index (χ4v) is 2.48. The highest BCUT2D eigenvalue weighted by atomic mass is 35.5. The predicted octanol–water partition coefficient (Wildman–Crippen LogP) is 4.77. The summed E-state index contributed by atoms with van der Waals surface area (Å²) in [6.07, 6.45) is 0.765. The van der Waals surface area contributed by atoms with E-state index < -0.39 is 0 Å². The molecule has 0 spiro atoms. The van der Waals surface area contributed by atoms with Gasteiger partial charge in [0.2, 0.25) is 0 Å². The van der Waals surface area contributed by atoms with Crippen molar-refractivity contribution >= 4 is 17.6 Å². The predicted molar refractivity (Wildman–Crippen MR) is 90.9 cm³/mol. The Morgan fingerprint density at radius 3 is 2.57 bits per heavy atom. The largest absolute Gasteiger partial charge is 0.331 e. The number of urea groups is 1. The lowest BCUT2D eigenvalue weighted by Crippen LogP contribution is -2.38. The Kier molecular flexibility index (Phi) is 5.99. The fraction of sp³-hybridized carbons (Fsp3) is 0.278. The van der Waals surface area contributed by atoms with E-state index in [2.05, 4.69) is 5.32 Å². The molecule has 0 aliphatic carbocycles. The van der Waals surface area contributed by atoms with Crippen LogP contribution >= 0.6 is 11.6 Å². The van der Waals surface area contributed by atoms with Crippen LogP contribution in [0.4, 0.5) is 9.18 Å². The molecule has 1 N–H and O–H groups in total. The van der Waals surface area contributed by atoms with Crippen LogP contribution in [0.25, 0.3) is 0 Å². The zero-order valence-electron chi connectivity index (χ0n) is 13.2. The van der Waals surface area contributed by atoms with Gasteiger partial charge in [0.25, 0.3) is 0 Å². The summed E-state index contributed by atoms with van der Waals surface area (Å²) in [6, 6.07) is 13.4. The van der Waals surface area contributed by atoms with Crippen molar-refractivity contribution < 1.29 is 9.18 Å². The molecule has 3 nitrogen and oxygen atoms in total. The Morgan fingerprint density at radius 2 is 1.96 bits per heavy atom. The molecule has 2 amide bonds. The van der Waals surface area contributed by atoms with Gasteiger partial charge in [0.1, 0.15) is 5.82 Å². The molecule has 122 valence electrons. The Balaban J connectivity index is 1.99. The van der Waals surface area contributed by atoms with Crippen molar-refractivity contribution in [2.24, 2.45) is 0 Å². The molecule has 0 aromatic heterocycles. The van der Waals surface area contributed by atoms with Crippen molar-refractivity contribution in [1.29, 1.82) is 0 Å². The molecule has 0 bridgehead atoms. The first-order chi connectivity index (χ1) is 11.0. The highest BCUT2D eigenvalue weighted by Gasteiger charge is 2.16. The van der Waals surface area contributed by atoms with Gasteiger partial charge in [-0.15, -0.1) is 0 Å². The van der Waals surface area contributed by atoms with Gasteiger partial charge in [-0.05, 0) is 41.8 Å². The molecule has 2 rings (SSSR count). The fourth-order valence-electron chi connectivity index (χ4n) is 2.36. The molecule has 0 radical (unpaired) electrons. The molecular weight excluding hydrogens is 315 g/mol. The van der Waals surface area contributed by atoms with Gasteiger partial charge in [-0.1, -0.05) is 42.8 Å². The van der Waals surface area contributed by atoms with Gasteiger partial charge in [0.05, 0.1) is 6.04 Å². The lowest BCUT2D eigenvalue weighted by Gasteiger charge is -2.23. The number of benzene rings is 2. The number of halogens is 2. The van der Waals surface area contributed by atoms with Crippen molar-refractivity contribution in [2.45, 2.75) is 25.9 Å². The molecule has 1 atom stereocenters. The standard InChI is InChI=1S/C18H20ClFN2O/c1-3-17(14-7-9-15(19)10-8-14)21-18(23)22(2)12-13-5-4-6-16(20)11-13/h4-11,17H,3,12H2,1-2H3,(H,21,23). The van der Waals surface area contributed by atoms with E-state index >= 15 is 0 Å². The minimum Gasteiger partial charge on any atom is -0.331 e. The summed E-state index contributed by atoms with van der Waals surface area (Å²) in [5.41, 5.74) is 1.76. The first-order valence-corrected chi connectivity index (χ1v) is 7.89. The number of carbonyl (C=O) groups excluding carboxylic acids is 1. The van der Waals surface area contributed by atoms with Crippen molar-refractivity contribution in [3.63, 3.8) is 0 Å². The summed E-state index contributed by atoms with van der Waals surface area (Å²) < 4.78 is 13.2. The number of nitrogens with one attached hydrogen (secondary N) is 1. The summed E-state index contributed by atoms with van der Waals surface area (Å²) in [4.78, 5) is 13.9. The topological polar surface area (TPSA) is 32.3 Å². The number of nitrogens with zero attached hydrogens (tertiary/aromatic N) is 1. The zero-order chi connectivity index (χ0) is 16.8. The van der Waals surface area contributed by atoms with Gasteiger partial charge in [0, 0.05) is 18.6 Å². The van der Waals surface area contributed by atoms with Crippen LogP contribution in [0.3, 0.4) is 0 Å². The maximum atomic E-state index is 13.2.